The molecule has 6 aromatic rings. The van der Waals surface area contributed by atoms with Gasteiger partial charge in [0.25, 0.3) is 0 Å². The van der Waals surface area contributed by atoms with Gasteiger partial charge in [0.15, 0.2) is 0 Å². The van der Waals surface area contributed by atoms with Gasteiger partial charge < -0.3 is 77.3 Å². The maximum atomic E-state index is 15.6. The number of carbonyl (C=O) groups is 11. The number of carbonyl (C=O) groups excluding carboxylic acids is 11. The average Bonchev–Trinajstić information content (AvgIpc) is 0.846. The summed E-state index contributed by atoms with van der Waals surface area (Å²) in [5.74, 6) is -5.94. The molecule has 138 heavy (non-hydrogen) atoms. The van der Waals surface area contributed by atoms with Crippen LogP contribution < -0.4 is 28.3 Å². The summed E-state index contributed by atoms with van der Waals surface area (Å²) in [6.07, 6.45) is 39.8. The second kappa shape index (κ2) is 73.5. The number of nitrogens with zero attached hydrogens (tertiary/aromatic N) is 10. The Morgan fingerprint density at radius 2 is 0.370 bits per heavy atom. The summed E-state index contributed by atoms with van der Waals surface area (Å²) < 4.78 is 0. The molecule has 0 aromatic heterocycles. The van der Waals surface area contributed by atoms with Gasteiger partial charge in [-0.15, -0.1) is 0 Å². The molecule has 0 aliphatic heterocycles. The van der Waals surface area contributed by atoms with Crippen LogP contribution in [0.1, 0.15) is 253 Å². The van der Waals surface area contributed by atoms with Crippen molar-refractivity contribution in [3.63, 3.8) is 0 Å². The molecule has 0 spiro atoms. The highest BCUT2D eigenvalue weighted by Gasteiger charge is 2.33. The minimum absolute atomic E-state index is 0.00457. The zero-order valence-corrected chi connectivity index (χ0v) is 84.1. The third kappa shape index (κ3) is 51.3. The summed E-state index contributed by atoms with van der Waals surface area (Å²) in [4.78, 5) is 178. The predicted molar refractivity (Wildman–Crippen MR) is 555 cm³/mol. The molecule has 6 aromatic carbocycles. The Labute approximate surface area is 827 Å². The summed E-state index contributed by atoms with van der Waals surface area (Å²) in [5.41, 5.74) is 29.6. The molecule has 0 unspecified atom stereocenters. The van der Waals surface area contributed by atoms with Gasteiger partial charge in [-0.2, -0.15) is 0 Å². The SMILES string of the molecule is CCCCCCCCCCCCCCCCCCN(CC(N)=O)C(=O)CN(CCCCCCCCCCCCCCCCCC)C(=O)CN(CCc1ccccc1)C(=O)CN(CCc1ccccc1)C(=O)CN(CCN)C(=O)CN(CCc1ccccc1)C(=O)CN(CCc1ccccc1)C(=O)CN(CCN)C(=O)CN(CCc1ccccc1)C(=O)CN(CCc1ccccc1)C(=O)CNCCN. The number of nitrogens with one attached hydrogen (secondary N) is 1. The van der Waals surface area contributed by atoms with Crippen molar-refractivity contribution in [2.45, 2.75) is 258 Å². The smallest absolute Gasteiger partial charge is 0.242 e. The minimum Gasteiger partial charge on any atom is -0.368 e. The number of primary amides is 1. The van der Waals surface area contributed by atoms with Crippen molar-refractivity contribution in [2.24, 2.45) is 22.9 Å². The lowest BCUT2D eigenvalue weighted by atomic mass is 10.0. The highest BCUT2D eigenvalue weighted by molar-refractivity contribution is 5.95. The topological polar surface area (TPSA) is 336 Å². The first-order valence-corrected chi connectivity index (χ1v) is 52.4. The summed E-state index contributed by atoms with van der Waals surface area (Å²) in [6, 6.07) is 57.0. The van der Waals surface area contributed by atoms with Gasteiger partial charge in [0.2, 0.25) is 65.0 Å². The van der Waals surface area contributed by atoms with Gasteiger partial charge in [0.1, 0.15) is 0 Å². The highest BCUT2D eigenvalue weighted by Crippen LogP contribution is 2.20. The predicted octanol–water partition coefficient (Wildman–Crippen LogP) is 14.2. The van der Waals surface area contributed by atoms with E-state index in [2.05, 4.69) is 19.2 Å². The van der Waals surface area contributed by atoms with Gasteiger partial charge in [-0.3, -0.25) is 52.7 Å². The molecule has 0 bridgehead atoms. The van der Waals surface area contributed by atoms with Crippen molar-refractivity contribution in [3.8, 4) is 0 Å². The van der Waals surface area contributed by atoms with Crippen LogP contribution in [-0.2, 0) is 91.3 Å². The molecule has 26 heteroatoms. The normalized spacial score (nSPS) is 11.1. The second-order valence-corrected chi connectivity index (χ2v) is 37.2. The van der Waals surface area contributed by atoms with E-state index in [9.17, 15) is 24.0 Å². The van der Waals surface area contributed by atoms with Crippen LogP contribution >= 0.6 is 0 Å². The molecular formula is C112H171N15O11. The number of nitrogens with two attached hydrogens (primary N) is 4. The van der Waals surface area contributed by atoms with Gasteiger partial charge in [0, 0.05) is 91.6 Å². The molecule has 0 saturated carbocycles. The monoisotopic (exact) mass is 1900 g/mol. The Morgan fingerprint density at radius 1 is 0.203 bits per heavy atom. The molecule has 0 saturated heterocycles. The largest absolute Gasteiger partial charge is 0.368 e. The van der Waals surface area contributed by atoms with E-state index in [1.807, 2.05) is 182 Å². The molecule has 26 nitrogen and oxygen atoms in total. The Hall–Kier alpha value is -10.7. The number of amides is 11. The molecule has 9 N–H and O–H groups in total. The third-order valence-corrected chi connectivity index (χ3v) is 25.8. The van der Waals surface area contributed by atoms with Crippen LogP contribution in [0.15, 0.2) is 182 Å². The van der Waals surface area contributed by atoms with Crippen molar-refractivity contribution in [1.82, 2.24) is 54.3 Å². The zero-order valence-electron chi connectivity index (χ0n) is 84.1. The van der Waals surface area contributed by atoms with E-state index in [1.54, 1.807) is 0 Å². The molecule has 0 atom stereocenters. The van der Waals surface area contributed by atoms with Crippen LogP contribution in [0.3, 0.4) is 0 Å². The van der Waals surface area contributed by atoms with Gasteiger partial charge in [-0.05, 0) is 84.7 Å². The van der Waals surface area contributed by atoms with Crippen LogP contribution in [0.4, 0.5) is 0 Å². The molecular weight excluding hydrogens is 1730 g/mol. The fraction of sp³-hybridized carbons (Fsp3) is 0.580. The third-order valence-electron chi connectivity index (χ3n) is 25.8. The lowest BCUT2D eigenvalue weighted by molar-refractivity contribution is -0.149. The van der Waals surface area contributed by atoms with Gasteiger partial charge >= 0.3 is 0 Å². The maximum Gasteiger partial charge on any atom is 0.242 e. The van der Waals surface area contributed by atoms with E-state index >= 15 is 28.8 Å². The summed E-state index contributed by atoms with van der Waals surface area (Å²) >= 11 is 0. The second-order valence-electron chi connectivity index (χ2n) is 37.2. The number of rotatable bonds is 80. The van der Waals surface area contributed by atoms with Gasteiger partial charge in [-0.1, -0.05) is 388 Å². The highest BCUT2D eigenvalue weighted by atomic mass is 16.2. The molecule has 0 aliphatic carbocycles. The summed E-state index contributed by atoms with van der Waals surface area (Å²) in [6.45, 7) is 1.12. The standard InChI is InChI=1S/C112H171N15O11/c1-3-5-7-9-11-13-15-17-19-21-23-25-27-29-31-51-75-118(86-102(116)128)104(130)87-119(76-52-32-30-28-26-24-22-20-18-16-14-12-10-8-6-4-2)105(131)89-121(78-66-97-55-41-34-42-56-97)107(133)90-122(79-67-98-57-43-35-44-58-98)109(135)95-127(84-73-115)112(138)93-125(82-70-101-63-49-38-50-64-101)108(134)91-123(80-68-99-59-45-36-46-60-99)110(136)94-126(83-72-114)111(137)92-124(81-69-100-61-47-37-48-62-100)106(132)88-120(103(129)85-117-74-71-113)77-65-96-53-39-33-40-54-96/h33-50,53-64,117H,3-32,51-52,65-95,113-115H2,1-2H3,(H2,116,128). The fourth-order valence-corrected chi connectivity index (χ4v) is 17.4. The summed E-state index contributed by atoms with van der Waals surface area (Å²) in [5, 5.41) is 3.05. The Morgan fingerprint density at radius 3 is 0.551 bits per heavy atom. The Bertz CT molecular complexity index is 4320. The van der Waals surface area contributed by atoms with Crippen LogP contribution in [0.2, 0.25) is 0 Å². The minimum atomic E-state index is -0.653. The van der Waals surface area contributed by atoms with Gasteiger partial charge in [-0.25, -0.2) is 0 Å². The first-order valence-electron chi connectivity index (χ1n) is 52.4. The molecule has 0 radical (unpaired) electrons. The van der Waals surface area contributed by atoms with Crippen LogP contribution in [0, 0.1) is 0 Å². The lowest BCUT2D eigenvalue weighted by Gasteiger charge is -2.33. The Balaban J connectivity index is 1.24. The van der Waals surface area contributed by atoms with Crippen molar-refractivity contribution >= 4 is 65.0 Å². The number of benzene rings is 6. The average molecular weight is 1900 g/mol. The molecule has 0 heterocycles. The van der Waals surface area contributed by atoms with Crippen LogP contribution in [0.25, 0.3) is 0 Å². The molecule has 760 valence electrons. The molecule has 0 aliphatic rings. The van der Waals surface area contributed by atoms with Crippen molar-refractivity contribution < 1.29 is 52.7 Å². The number of hydrogen-bond acceptors (Lipinski definition) is 15. The van der Waals surface area contributed by atoms with E-state index in [1.165, 1.54) is 190 Å². The van der Waals surface area contributed by atoms with Crippen LogP contribution in [-0.4, -0.2) is 278 Å². The van der Waals surface area contributed by atoms with Crippen molar-refractivity contribution in [2.75, 3.05) is 164 Å². The van der Waals surface area contributed by atoms with E-state index in [4.69, 9.17) is 22.9 Å². The fourth-order valence-electron chi connectivity index (χ4n) is 17.4. The quantitative estimate of drug-likeness (QED) is 0.0222. The van der Waals surface area contributed by atoms with Gasteiger partial charge in [0.05, 0.1) is 72.0 Å². The number of unbranched alkanes of at least 4 members (excludes halogenated alkanes) is 30. The van der Waals surface area contributed by atoms with E-state index < -0.39 is 105 Å². The first kappa shape index (κ1) is 116. The summed E-state index contributed by atoms with van der Waals surface area (Å²) in [7, 11) is 0. The van der Waals surface area contributed by atoms with Crippen LogP contribution in [0.5, 0.6) is 0 Å². The lowest BCUT2D eigenvalue weighted by Crippen LogP contribution is -2.54. The zero-order chi connectivity index (χ0) is 99.1. The first-order chi connectivity index (χ1) is 67.3. The van der Waals surface area contributed by atoms with E-state index in [0.29, 0.717) is 64.6 Å². The molecule has 11 amide bonds. The number of hydrogen-bond donors (Lipinski definition) is 5. The van der Waals surface area contributed by atoms with E-state index in [0.717, 1.165) is 84.7 Å². The van der Waals surface area contributed by atoms with E-state index in [-0.39, 0.29) is 110 Å². The Kier molecular flexibility index (Phi) is 61.8. The van der Waals surface area contributed by atoms with Crippen molar-refractivity contribution in [3.05, 3.63) is 215 Å². The van der Waals surface area contributed by atoms with Crippen molar-refractivity contribution in [1.29, 1.82) is 0 Å². The molecule has 0 fully saturated rings. The molecule has 6 rings (SSSR count). The maximum absolute atomic E-state index is 15.6.